The standard InChI is InChI=1S/C14H20FN3O2.2ClH/c15-13-4-9(3-12(20)8-19)5-16-14(13)18-6-10-1-2-11(7-18)17-10;;/h4-5,10-12,17,19-20H,1-3,6-8H2;2*1H/t10?,11?,12-;;/m1../s1. The lowest BCUT2D eigenvalue weighted by Gasteiger charge is -2.33. The number of aliphatic hydroxyl groups excluding tert-OH is 2. The maximum atomic E-state index is 14.2. The van der Waals surface area contributed by atoms with Crippen molar-refractivity contribution in [1.29, 1.82) is 0 Å². The van der Waals surface area contributed by atoms with Gasteiger partial charge in [-0.05, 0) is 24.5 Å². The highest BCUT2D eigenvalue weighted by molar-refractivity contribution is 5.85. The van der Waals surface area contributed by atoms with Crippen LogP contribution in [0.4, 0.5) is 10.2 Å². The van der Waals surface area contributed by atoms with E-state index >= 15 is 0 Å². The Kier molecular flexibility index (Phi) is 7.28. The molecule has 126 valence electrons. The van der Waals surface area contributed by atoms with E-state index in [1.807, 2.05) is 4.90 Å². The van der Waals surface area contributed by atoms with E-state index in [0.29, 0.717) is 23.5 Å². The maximum absolute atomic E-state index is 14.2. The molecule has 3 N–H and O–H groups in total. The second-order valence-corrected chi connectivity index (χ2v) is 5.73. The molecule has 0 saturated carbocycles. The zero-order valence-corrected chi connectivity index (χ0v) is 13.7. The summed E-state index contributed by atoms with van der Waals surface area (Å²) < 4.78 is 14.2. The van der Waals surface area contributed by atoms with Crippen LogP contribution in [-0.4, -0.2) is 53.1 Å². The topological polar surface area (TPSA) is 68.6 Å². The summed E-state index contributed by atoms with van der Waals surface area (Å²) in [7, 11) is 0. The van der Waals surface area contributed by atoms with E-state index in [9.17, 15) is 9.50 Å². The number of pyridine rings is 1. The van der Waals surface area contributed by atoms with Crippen molar-refractivity contribution in [2.45, 2.75) is 37.5 Å². The van der Waals surface area contributed by atoms with Crippen molar-refractivity contribution in [3.63, 3.8) is 0 Å². The van der Waals surface area contributed by atoms with Crippen molar-refractivity contribution >= 4 is 30.6 Å². The van der Waals surface area contributed by atoms with Crippen LogP contribution in [-0.2, 0) is 6.42 Å². The molecule has 2 aliphatic heterocycles. The van der Waals surface area contributed by atoms with Gasteiger partial charge >= 0.3 is 0 Å². The van der Waals surface area contributed by atoms with Gasteiger partial charge in [-0.3, -0.25) is 0 Å². The fraction of sp³-hybridized carbons (Fsp3) is 0.643. The highest BCUT2D eigenvalue weighted by Gasteiger charge is 2.33. The third-order valence-electron chi connectivity index (χ3n) is 4.08. The van der Waals surface area contributed by atoms with Crippen LogP contribution >= 0.6 is 24.8 Å². The molecule has 2 fully saturated rings. The summed E-state index contributed by atoms with van der Waals surface area (Å²) in [5.41, 5.74) is 0.603. The summed E-state index contributed by atoms with van der Waals surface area (Å²) in [6.45, 7) is 1.25. The van der Waals surface area contributed by atoms with Crippen LogP contribution in [0.1, 0.15) is 18.4 Å². The monoisotopic (exact) mass is 353 g/mol. The molecule has 0 amide bonds. The number of hydrogen-bond acceptors (Lipinski definition) is 5. The Morgan fingerprint density at radius 3 is 2.50 bits per heavy atom. The van der Waals surface area contributed by atoms with Gasteiger partial charge in [0.2, 0.25) is 0 Å². The van der Waals surface area contributed by atoms with Gasteiger partial charge in [0.1, 0.15) is 0 Å². The number of aliphatic hydroxyl groups is 2. The van der Waals surface area contributed by atoms with Gasteiger partial charge in [0, 0.05) is 37.8 Å². The van der Waals surface area contributed by atoms with Gasteiger partial charge in [-0.25, -0.2) is 9.37 Å². The molecule has 0 aromatic carbocycles. The van der Waals surface area contributed by atoms with Gasteiger partial charge in [-0.15, -0.1) is 24.8 Å². The zero-order valence-electron chi connectivity index (χ0n) is 12.1. The second-order valence-electron chi connectivity index (χ2n) is 5.73. The van der Waals surface area contributed by atoms with Crippen molar-refractivity contribution in [3.8, 4) is 0 Å². The summed E-state index contributed by atoms with van der Waals surface area (Å²) in [6.07, 6.45) is 3.22. The number of halogens is 3. The molecular formula is C14H22Cl2FN3O2. The molecule has 0 aliphatic carbocycles. The average Bonchev–Trinajstić information content (AvgIpc) is 2.77. The zero-order chi connectivity index (χ0) is 14.1. The molecule has 3 rings (SSSR count). The van der Waals surface area contributed by atoms with Crippen molar-refractivity contribution in [2.75, 3.05) is 24.6 Å². The summed E-state index contributed by atoms with van der Waals surface area (Å²) >= 11 is 0. The molecule has 2 aliphatic rings. The van der Waals surface area contributed by atoms with Crippen molar-refractivity contribution in [2.24, 2.45) is 0 Å². The minimum atomic E-state index is -0.864. The van der Waals surface area contributed by atoms with E-state index in [0.717, 1.165) is 25.9 Å². The van der Waals surface area contributed by atoms with Crippen molar-refractivity contribution in [1.82, 2.24) is 10.3 Å². The van der Waals surface area contributed by atoms with E-state index in [4.69, 9.17) is 5.11 Å². The van der Waals surface area contributed by atoms with Crippen molar-refractivity contribution < 1.29 is 14.6 Å². The first kappa shape index (κ1) is 19.4. The molecule has 0 spiro atoms. The number of nitrogens with zero attached hydrogens (tertiary/aromatic N) is 2. The van der Waals surface area contributed by atoms with Gasteiger partial charge in [0.05, 0.1) is 12.7 Å². The first-order chi connectivity index (χ1) is 9.65. The predicted octanol–water partition coefficient (Wildman–Crippen LogP) is 0.901. The van der Waals surface area contributed by atoms with E-state index in [2.05, 4.69) is 10.3 Å². The van der Waals surface area contributed by atoms with Crippen LogP contribution < -0.4 is 10.2 Å². The molecular weight excluding hydrogens is 332 g/mol. The smallest absolute Gasteiger partial charge is 0.165 e. The number of anilines is 1. The fourth-order valence-electron chi connectivity index (χ4n) is 3.12. The quantitative estimate of drug-likeness (QED) is 0.750. The first-order valence-corrected chi connectivity index (χ1v) is 7.10. The Hall–Kier alpha value is -0.660. The van der Waals surface area contributed by atoms with Crippen LogP contribution in [0.5, 0.6) is 0 Å². The predicted molar refractivity (Wildman–Crippen MR) is 87.6 cm³/mol. The minimum Gasteiger partial charge on any atom is -0.394 e. The SMILES string of the molecule is Cl.Cl.OC[C@H](O)Cc1cnc(N2CC3CCC(C2)N3)c(F)c1. The molecule has 8 heteroatoms. The van der Waals surface area contributed by atoms with Gasteiger partial charge in [0.15, 0.2) is 11.6 Å². The highest BCUT2D eigenvalue weighted by Crippen LogP contribution is 2.26. The van der Waals surface area contributed by atoms with E-state index in [-0.39, 0.29) is 43.7 Å². The summed E-state index contributed by atoms with van der Waals surface area (Å²) in [5, 5.41) is 21.7. The minimum absolute atomic E-state index is 0. The molecule has 1 aromatic heterocycles. The summed E-state index contributed by atoms with van der Waals surface area (Å²) in [5.74, 6) is 0.0413. The van der Waals surface area contributed by atoms with E-state index < -0.39 is 6.10 Å². The van der Waals surface area contributed by atoms with Crippen LogP contribution in [0.15, 0.2) is 12.3 Å². The maximum Gasteiger partial charge on any atom is 0.165 e. The Balaban J connectivity index is 0.00000121. The second kappa shape index (κ2) is 8.26. The molecule has 2 unspecified atom stereocenters. The van der Waals surface area contributed by atoms with Crippen LogP contribution in [0.3, 0.4) is 0 Å². The van der Waals surface area contributed by atoms with Crippen LogP contribution in [0.2, 0.25) is 0 Å². The van der Waals surface area contributed by atoms with Gasteiger partial charge in [-0.1, -0.05) is 0 Å². The molecule has 22 heavy (non-hydrogen) atoms. The third kappa shape index (κ3) is 4.20. The number of hydrogen-bond donors (Lipinski definition) is 3. The lowest BCUT2D eigenvalue weighted by atomic mass is 10.1. The Labute approximate surface area is 141 Å². The van der Waals surface area contributed by atoms with E-state index in [1.165, 1.54) is 6.07 Å². The number of piperazine rings is 1. The molecule has 3 atom stereocenters. The largest absolute Gasteiger partial charge is 0.394 e. The van der Waals surface area contributed by atoms with Gasteiger partial charge in [0.25, 0.3) is 0 Å². The Morgan fingerprint density at radius 2 is 1.95 bits per heavy atom. The first-order valence-electron chi connectivity index (χ1n) is 7.10. The van der Waals surface area contributed by atoms with Gasteiger partial charge in [-0.2, -0.15) is 0 Å². The van der Waals surface area contributed by atoms with Crippen molar-refractivity contribution in [3.05, 3.63) is 23.6 Å². The van der Waals surface area contributed by atoms with Crippen LogP contribution in [0.25, 0.3) is 0 Å². The number of aromatic nitrogens is 1. The molecule has 2 saturated heterocycles. The summed E-state index contributed by atoms with van der Waals surface area (Å²) in [6, 6.07) is 2.28. The number of fused-ring (bicyclic) bond motifs is 2. The molecule has 0 radical (unpaired) electrons. The number of nitrogens with one attached hydrogen (secondary N) is 1. The Morgan fingerprint density at radius 1 is 1.32 bits per heavy atom. The summed E-state index contributed by atoms with van der Waals surface area (Å²) in [4.78, 5) is 6.22. The molecule has 1 aromatic rings. The number of rotatable bonds is 4. The highest BCUT2D eigenvalue weighted by atomic mass is 35.5. The Bertz CT molecular complexity index is 483. The lowest BCUT2D eigenvalue weighted by molar-refractivity contribution is 0.0954. The van der Waals surface area contributed by atoms with E-state index in [1.54, 1.807) is 6.20 Å². The average molecular weight is 354 g/mol. The molecule has 3 heterocycles. The van der Waals surface area contributed by atoms with Gasteiger partial charge < -0.3 is 20.4 Å². The van der Waals surface area contributed by atoms with Crippen LogP contribution in [0, 0.1) is 5.82 Å². The lowest BCUT2D eigenvalue weighted by Crippen LogP contribution is -2.51. The third-order valence-corrected chi connectivity index (χ3v) is 4.08. The normalized spacial score (nSPS) is 24.4. The fourth-order valence-corrected chi connectivity index (χ4v) is 3.12. The molecule has 5 nitrogen and oxygen atoms in total. The molecule has 2 bridgehead atoms.